The highest BCUT2D eigenvalue weighted by molar-refractivity contribution is 7.92. The molecule has 1 N–H and O–H groups in total. The highest BCUT2D eigenvalue weighted by atomic mass is 35.5. The van der Waals surface area contributed by atoms with E-state index in [2.05, 4.69) is 5.32 Å². The molecule has 0 heterocycles. The summed E-state index contributed by atoms with van der Waals surface area (Å²) in [5, 5.41) is 3.32. The van der Waals surface area contributed by atoms with E-state index in [-0.39, 0.29) is 23.9 Å². The van der Waals surface area contributed by atoms with Crippen LogP contribution in [0.5, 0.6) is 11.5 Å². The van der Waals surface area contributed by atoms with Gasteiger partial charge in [-0.2, -0.15) is 0 Å². The van der Waals surface area contributed by atoms with E-state index in [9.17, 15) is 13.2 Å². The van der Waals surface area contributed by atoms with Crippen LogP contribution in [-0.4, -0.2) is 47.4 Å². The van der Waals surface area contributed by atoms with Crippen molar-refractivity contribution in [2.45, 2.75) is 0 Å². The Morgan fingerprint density at radius 2 is 1.82 bits per heavy atom. The number of carbonyl (C=O) groups excluding carboxylic acids is 1. The SMILES string of the molecule is COc1ccc(N(CC(=O)NCCOc2ccccc2Cl)S(C)(=O)=O)cc1Cl. The van der Waals surface area contributed by atoms with Gasteiger partial charge in [-0.1, -0.05) is 35.3 Å². The first-order valence-corrected chi connectivity index (χ1v) is 10.8. The number of nitrogens with one attached hydrogen (secondary N) is 1. The molecule has 0 saturated carbocycles. The number of methoxy groups -OCH3 is 1. The lowest BCUT2D eigenvalue weighted by Gasteiger charge is -2.22. The van der Waals surface area contributed by atoms with Crippen LogP contribution in [0.15, 0.2) is 42.5 Å². The van der Waals surface area contributed by atoms with Gasteiger partial charge in [0.1, 0.15) is 24.7 Å². The van der Waals surface area contributed by atoms with Gasteiger partial charge in [0, 0.05) is 0 Å². The molecule has 0 radical (unpaired) electrons. The molecular formula is C18H20Cl2N2O5S. The number of benzene rings is 2. The molecule has 0 fully saturated rings. The van der Waals surface area contributed by atoms with Gasteiger partial charge in [0.15, 0.2) is 0 Å². The molecule has 0 aliphatic rings. The van der Waals surface area contributed by atoms with Crippen LogP contribution in [0.2, 0.25) is 10.0 Å². The monoisotopic (exact) mass is 446 g/mol. The van der Waals surface area contributed by atoms with Gasteiger partial charge in [-0.25, -0.2) is 8.42 Å². The number of halogens is 2. The minimum atomic E-state index is -3.70. The standard InChI is InChI=1S/C18H20Cl2N2O5S/c1-26-16-8-7-13(11-15(16)20)22(28(2,24)25)12-18(23)21-9-10-27-17-6-4-3-5-14(17)19/h3-8,11H,9-10,12H2,1-2H3,(H,21,23). The Morgan fingerprint density at radius 1 is 1.11 bits per heavy atom. The molecule has 0 aliphatic carbocycles. The minimum Gasteiger partial charge on any atom is -0.495 e. The number of anilines is 1. The first kappa shape index (κ1) is 22.1. The van der Waals surface area contributed by atoms with E-state index >= 15 is 0 Å². The van der Waals surface area contributed by atoms with Gasteiger partial charge in [0.25, 0.3) is 0 Å². The van der Waals surface area contributed by atoms with Crippen LogP contribution in [0.3, 0.4) is 0 Å². The molecule has 0 spiro atoms. The van der Waals surface area contributed by atoms with E-state index in [4.69, 9.17) is 32.7 Å². The van der Waals surface area contributed by atoms with Crippen molar-refractivity contribution in [2.75, 3.05) is 37.4 Å². The molecule has 0 unspecified atom stereocenters. The quantitative estimate of drug-likeness (QED) is 0.598. The zero-order valence-electron chi connectivity index (χ0n) is 15.3. The summed E-state index contributed by atoms with van der Waals surface area (Å²) in [5.74, 6) is 0.421. The van der Waals surface area contributed by atoms with Gasteiger partial charge in [-0.15, -0.1) is 0 Å². The Bertz CT molecular complexity index is 937. The number of sulfonamides is 1. The Balaban J connectivity index is 1.96. The Hall–Kier alpha value is -2.16. The summed E-state index contributed by atoms with van der Waals surface area (Å²) in [5.41, 5.74) is 0.260. The van der Waals surface area contributed by atoms with Crippen LogP contribution < -0.4 is 19.1 Å². The number of hydrogen-bond acceptors (Lipinski definition) is 5. The smallest absolute Gasteiger partial charge is 0.240 e. The fourth-order valence-corrected chi connectivity index (χ4v) is 3.60. The normalized spacial score (nSPS) is 11.0. The van der Waals surface area contributed by atoms with E-state index in [1.807, 2.05) is 0 Å². The number of rotatable bonds is 9. The molecule has 10 heteroatoms. The molecule has 7 nitrogen and oxygen atoms in total. The maximum atomic E-state index is 12.2. The van der Waals surface area contributed by atoms with Gasteiger partial charge >= 0.3 is 0 Å². The molecule has 152 valence electrons. The second kappa shape index (κ2) is 9.86. The maximum Gasteiger partial charge on any atom is 0.240 e. The second-order valence-electron chi connectivity index (χ2n) is 5.72. The summed E-state index contributed by atoms with van der Waals surface area (Å²) >= 11 is 12.0. The van der Waals surface area contributed by atoms with Crippen molar-refractivity contribution in [3.63, 3.8) is 0 Å². The molecule has 2 aromatic rings. The molecule has 0 saturated heterocycles. The van der Waals surface area contributed by atoms with Crippen LogP contribution in [0.1, 0.15) is 0 Å². The second-order valence-corrected chi connectivity index (χ2v) is 8.44. The van der Waals surface area contributed by atoms with Crippen LogP contribution in [0.4, 0.5) is 5.69 Å². The van der Waals surface area contributed by atoms with Crippen molar-refractivity contribution >= 4 is 44.8 Å². The average Bonchev–Trinajstić information content (AvgIpc) is 2.63. The maximum absolute atomic E-state index is 12.2. The van der Waals surface area contributed by atoms with Gasteiger partial charge in [-0.05, 0) is 30.3 Å². The van der Waals surface area contributed by atoms with Gasteiger partial charge < -0.3 is 14.8 Å². The molecule has 0 aliphatic heterocycles. The van der Waals surface area contributed by atoms with Crippen molar-refractivity contribution < 1.29 is 22.7 Å². The average molecular weight is 447 g/mol. The van der Waals surface area contributed by atoms with Crippen molar-refractivity contribution in [2.24, 2.45) is 0 Å². The minimum absolute atomic E-state index is 0.183. The zero-order valence-corrected chi connectivity index (χ0v) is 17.6. The topological polar surface area (TPSA) is 84.9 Å². The highest BCUT2D eigenvalue weighted by Crippen LogP contribution is 2.30. The lowest BCUT2D eigenvalue weighted by molar-refractivity contribution is -0.119. The first-order chi connectivity index (χ1) is 13.2. The van der Waals surface area contributed by atoms with E-state index in [1.165, 1.54) is 25.3 Å². The van der Waals surface area contributed by atoms with Gasteiger partial charge in [0.2, 0.25) is 15.9 Å². The Morgan fingerprint density at radius 3 is 2.43 bits per heavy atom. The third kappa shape index (κ3) is 6.19. The fourth-order valence-electron chi connectivity index (χ4n) is 2.31. The summed E-state index contributed by atoms with van der Waals surface area (Å²) in [6.45, 7) is -0.0265. The summed E-state index contributed by atoms with van der Waals surface area (Å²) in [6, 6.07) is 11.4. The predicted molar refractivity (Wildman–Crippen MR) is 110 cm³/mol. The van der Waals surface area contributed by atoms with Crippen LogP contribution in [0, 0.1) is 0 Å². The molecular weight excluding hydrogens is 427 g/mol. The summed E-state index contributed by atoms with van der Waals surface area (Å²) in [7, 11) is -2.25. The third-order valence-electron chi connectivity index (χ3n) is 3.63. The summed E-state index contributed by atoms with van der Waals surface area (Å²) in [6.07, 6.45) is 1.01. The van der Waals surface area contributed by atoms with E-state index < -0.39 is 22.5 Å². The number of amides is 1. The largest absolute Gasteiger partial charge is 0.495 e. The number of hydrogen-bond donors (Lipinski definition) is 1. The van der Waals surface area contributed by atoms with Crippen molar-refractivity contribution in [1.29, 1.82) is 0 Å². The van der Waals surface area contributed by atoms with Crippen LogP contribution in [-0.2, 0) is 14.8 Å². The Labute approximate surface area is 174 Å². The zero-order chi connectivity index (χ0) is 20.7. The lowest BCUT2D eigenvalue weighted by Crippen LogP contribution is -2.41. The highest BCUT2D eigenvalue weighted by Gasteiger charge is 2.21. The molecule has 0 bridgehead atoms. The van der Waals surface area contributed by atoms with E-state index in [0.717, 1.165) is 10.6 Å². The number of ether oxygens (including phenoxy) is 2. The van der Waals surface area contributed by atoms with Crippen LogP contribution in [0.25, 0.3) is 0 Å². The van der Waals surface area contributed by atoms with Crippen molar-refractivity contribution in [1.82, 2.24) is 5.32 Å². The summed E-state index contributed by atoms with van der Waals surface area (Å²) < 4.78 is 35.7. The van der Waals surface area contributed by atoms with Gasteiger partial charge in [0.05, 0.1) is 35.6 Å². The fraction of sp³-hybridized carbons (Fsp3) is 0.278. The lowest BCUT2D eigenvalue weighted by atomic mass is 10.3. The predicted octanol–water partition coefficient (Wildman–Crippen LogP) is 2.96. The number of carbonyl (C=O) groups is 1. The van der Waals surface area contributed by atoms with E-state index in [0.29, 0.717) is 16.5 Å². The number of nitrogens with zero attached hydrogens (tertiary/aromatic N) is 1. The molecule has 2 aromatic carbocycles. The van der Waals surface area contributed by atoms with E-state index in [1.54, 1.807) is 24.3 Å². The molecule has 28 heavy (non-hydrogen) atoms. The van der Waals surface area contributed by atoms with Gasteiger partial charge in [-0.3, -0.25) is 9.10 Å². The third-order valence-corrected chi connectivity index (χ3v) is 5.38. The summed E-state index contributed by atoms with van der Waals surface area (Å²) in [4.78, 5) is 12.2. The molecule has 0 atom stereocenters. The molecule has 1 amide bonds. The van der Waals surface area contributed by atoms with Crippen LogP contribution >= 0.6 is 23.2 Å². The molecule has 2 rings (SSSR count). The van der Waals surface area contributed by atoms with Crippen molar-refractivity contribution in [3.05, 3.63) is 52.5 Å². The van der Waals surface area contributed by atoms with Crippen molar-refractivity contribution in [3.8, 4) is 11.5 Å². The first-order valence-electron chi connectivity index (χ1n) is 8.17. The Kier molecular flexibility index (Phi) is 7.79. The molecule has 0 aromatic heterocycles. The number of para-hydroxylation sites is 1.